The first-order valence-corrected chi connectivity index (χ1v) is 5.55. The third kappa shape index (κ3) is 4.14. The molecule has 15 heavy (non-hydrogen) atoms. The van der Waals surface area contributed by atoms with Crippen molar-refractivity contribution in [2.45, 2.75) is 15.2 Å². The van der Waals surface area contributed by atoms with E-state index in [1.165, 1.54) is 24.3 Å². The van der Waals surface area contributed by atoms with Gasteiger partial charge < -0.3 is 0 Å². The van der Waals surface area contributed by atoms with Crippen molar-refractivity contribution in [3.8, 4) is 6.07 Å². The van der Waals surface area contributed by atoms with Gasteiger partial charge in [0.1, 0.15) is 4.83 Å². The van der Waals surface area contributed by atoms with Gasteiger partial charge in [-0.3, -0.25) is 0 Å². The molecule has 0 fully saturated rings. The first kappa shape index (κ1) is 12.4. The fourth-order valence-corrected chi connectivity index (χ4v) is 1.76. The Kier molecular flexibility index (Phi) is 4.05. The molecule has 1 nitrogen and oxygen atoms in total. The molecule has 0 radical (unpaired) electrons. The van der Waals surface area contributed by atoms with Gasteiger partial charge in [0, 0.05) is 4.90 Å². The number of hydrogen-bond acceptors (Lipinski definition) is 2. The number of hydrogen-bond donors (Lipinski definition) is 0. The van der Waals surface area contributed by atoms with Crippen LogP contribution in [0.3, 0.4) is 0 Å². The van der Waals surface area contributed by atoms with Gasteiger partial charge >= 0.3 is 5.51 Å². The number of benzene rings is 1. The average molecular weight is 296 g/mol. The molecule has 6 heteroatoms. The van der Waals surface area contributed by atoms with Gasteiger partial charge in [0.05, 0.1) is 6.07 Å². The van der Waals surface area contributed by atoms with E-state index in [2.05, 4.69) is 15.9 Å². The van der Waals surface area contributed by atoms with Crippen molar-refractivity contribution in [2.24, 2.45) is 0 Å². The number of rotatable bonds is 2. The van der Waals surface area contributed by atoms with Crippen molar-refractivity contribution in [1.82, 2.24) is 0 Å². The van der Waals surface area contributed by atoms with E-state index in [9.17, 15) is 13.2 Å². The molecule has 0 bridgehead atoms. The van der Waals surface area contributed by atoms with Gasteiger partial charge in [-0.1, -0.05) is 28.1 Å². The summed E-state index contributed by atoms with van der Waals surface area (Å²) in [6.45, 7) is 0. The lowest BCUT2D eigenvalue weighted by Gasteiger charge is -2.06. The van der Waals surface area contributed by atoms with Crippen LogP contribution in [0.5, 0.6) is 0 Å². The van der Waals surface area contributed by atoms with E-state index in [-0.39, 0.29) is 16.7 Å². The minimum absolute atomic E-state index is 0.115. The lowest BCUT2D eigenvalue weighted by atomic mass is 10.2. The highest BCUT2D eigenvalue weighted by Gasteiger charge is 2.29. The lowest BCUT2D eigenvalue weighted by molar-refractivity contribution is -0.0328. The summed E-state index contributed by atoms with van der Waals surface area (Å²) in [5.74, 6) is 0. The number of nitrogens with zero attached hydrogens (tertiary/aromatic N) is 1. The van der Waals surface area contributed by atoms with Crippen LogP contribution in [-0.2, 0) is 0 Å². The second-order valence-electron chi connectivity index (χ2n) is 2.61. The molecule has 0 N–H and O–H groups in total. The summed E-state index contributed by atoms with van der Waals surface area (Å²) in [7, 11) is 0. The molecule has 0 amide bonds. The van der Waals surface area contributed by atoms with Crippen LogP contribution in [0.4, 0.5) is 13.2 Å². The van der Waals surface area contributed by atoms with E-state index in [0.29, 0.717) is 5.56 Å². The predicted molar refractivity (Wildman–Crippen MR) is 55.6 cm³/mol. The smallest absolute Gasteiger partial charge is 0.197 e. The maximum Gasteiger partial charge on any atom is 0.446 e. The Hall–Kier alpha value is -0.670. The Morgan fingerprint density at radius 1 is 1.27 bits per heavy atom. The molecule has 0 saturated heterocycles. The van der Waals surface area contributed by atoms with E-state index in [0.717, 1.165) is 0 Å². The third-order valence-corrected chi connectivity index (χ3v) is 2.99. The van der Waals surface area contributed by atoms with Gasteiger partial charge in [-0.2, -0.15) is 18.4 Å². The molecule has 0 aliphatic rings. The molecule has 1 aromatic rings. The van der Waals surface area contributed by atoms with Gasteiger partial charge in [-0.15, -0.1) is 0 Å². The van der Waals surface area contributed by atoms with Crippen molar-refractivity contribution >= 4 is 27.7 Å². The molecule has 1 unspecified atom stereocenters. The number of alkyl halides is 4. The molecule has 0 heterocycles. The fraction of sp³-hybridized carbons (Fsp3) is 0.222. The molecule has 0 aliphatic heterocycles. The normalized spacial score (nSPS) is 13.3. The van der Waals surface area contributed by atoms with Gasteiger partial charge in [-0.25, -0.2) is 0 Å². The highest BCUT2D eigenvalue weighted by Crippen LogP contribution is 2.37. The molecule has 0 aromatic heterocycles. The minimum Gasteiger partial charge on any atom is -0.197 e. The van der Waals surface area contributed by atoms with Crippen molar-refractivity contribution in [2.75, 3.05) is 0 Å². The summed E-state index contributed by atoms with van der Waals surface area (Å²) in [5.41, 5.74) is -3.63. The van der Waals surface area contributed by atoms with Crippen LogP contribution >= 0.6 is 27.7 Å². The van der Waals surface area contributed by atoms with Crippen LogP contribution in [-0.4, -0.2) is 5.51 Å². The van der Waals surface area contributed by atoms with Crippen LogP contribution in [0.2, 0.25) is 0 Å². The molecule has 1 atom stereocenters. The molecule has 1 rings (SSSR count). The molecule has 1 aromatic carbocycles. The van der Waals surface area contributed by atoms with Crippen LogP contribution < -0.4 is 0 Å². The summed E-state index contributed by atoms with van der Waals surface area (Å²) < 4.78 is 35.9. The topological polar surface area (TPSA) is 23.8 Å². The molecule has 0 saturated carbocycles. The minimum atomic E-state index is -4.27. The second kappa shape index (κ2) is 4.90. The summed E-state index contributed by atoms with van der Waals surface area (Å²) >= 11 is 2.91. The summed E-state index contributed by atoms with van der Waals surface area (Å²) in [6, 6.07) is 7.62. The summed E-state index contributed by atoms with van der Waals surface area (Å²) in [4.78, 5) is -0.369. The predicted octanol–water partition coefficient (Wildman–Crippen LogP) is 4.26. The van der Waals surface area contributed by atoms with Crippen molar-refractivity contribution in [3.63, 3.8) is 0 Å². The van der Waals surface area contributed by atoms with Crippen LogP contribution in [0, 0.1) is 11.3 Å². The maximum absolute atomic E-state index is 12.0. The Labute approximate surface area is 97.4 Å². The molecule has 0 aliphatic carbocycles. The Morgan fingerprint density at radius 2 is 1.80 bits per heavy atom. The highest BCUT2D eigenvalue weighted by atomic mass is 79.9. The monoisotopic (exact) mass is 295 g/mol. The van der Waals surface area contributed by atoms with E-state index >= 15 is 0 Å². The van der Waals surface area contributed by atoms with Gasteiger partial charge in [-0.05, 0) is 29.5 Å². The quantitative estimate of drug-likeness (QED) is 0.601. The standard InChI is InChI=1S/C9H5BrF3NS/c10-8(5-14)6-1-3-7(4-2-6)15-9(11,12)13/h1-4,8H. The second-order valence-corrected chi connectivity index (χ2v) is 4.66. The van der Waals surface area contributed by atoms with Crippen molar-refractivity contribution in [1.29, 1.82) is 5.26 Å². The molecule has 80 valence electrons. The molecular weight excluding hydrogens is 291 g/mol. The van der Waals surface area contributed by atoms with Gasteiger partial charge in [0.2, 0.25) is 0 Å². The molecule has 0 spiro atoms. The number of thioether (sulfide) groups is 1. The van der Waals surface area contributed by atoms with Crippen LogP contribution in [0.25, 0.3) is 0 Å². The first-order valence-electron chi connectivity index (χ1n) is 3.82. The summed E-state index contributed by atoms with van der Waals surface area (Å²) in [5, 5.41) is 8.56. The Bertz CT molecular complexity index is 368. The van der Waals surface area contributed by atoms with Crippen LogP contribution in [0.1, 0.15) is 10.4 Å². The lowest BCUT2D eigenvalue weighted by Crippen LogP contribution is -1.98. The number of nitriles is 1. The SMILES string of the molecule is N#CC(Br)c1ccc(SC(F)(F)F)cc1. The van der Waals surface area contributed by atoms with Gasteiger partial charge in [0.25, 0.3) is 0 Å². The van der Waals surface area contributed by atoms with E-state index in [1.807, 2.05) is 6.07 Å². The fourth-order valence-electron chi connectivity index (χ4n) is 0.913. The zero-order valence-corrected chi connectivity index (χ0v) is 9.66. The average Bonchev–Trinajstić information content (AvgIpc) is 2.15. The van der Waals surface area contributed by atoms with E-state index in [1.54, 1.807) is 0 Å². The maximum atomic E-state index is 12.0. The molecular formula is C9H5BrF3NS. The summed E-state index contributed by atoms with van der Waals surface area (Å²) in [6.07, 6.45) is 0. The van der Waals surface area contributed by atoms with Crippen LogP contribution in [0.15, 0.2) is 29.2 Å². The zero-order valence-electron chi connectivity index (χ0n) is 7.25. The third-order valence-electron chi connectivity index (χ3n) is 1.52. The van der Waals surface area contributed by atoms with Crippen molar-refractivity contribution < 1.29 is 13.2 Å². The van der Waals surface area contributed by atoms with Gasteiger partial charge in [0.15, 0.2) is 0 Å². The van der Waals surface area contributed by atoms with E-state index < -0.39 is 10.3 Å². The largest absolute Gasteiger partial charge is 0.446 e. The Morgan fingerprint density at radius 3 is 2.20 bits per heavy atom. The Balaban J connectivity index is 2.78. The first-order chi connectivity index (χ1) is 6.92. The number of halogens is 4. The highest BCUT2D eigenvalue weighted by molar-refractivity contribution is 9.09. The van der Waals surface area contributed by atoms with E-state index in [4.69, 9.17) is 5.26 Å². The van der Waals surface area contributed by atoms with Crippen molar-refractivity contribution in [3.05, 3.63) is 29.8 Å². The zero-order chi connectivity index (χ0) is 11.5.